The Morgan fingerprint density at radius 2 is 1.41 bits per heavy atom. The van der Waals surface area contributed by atoms with Crippen LogP contribution < -0.4 is 5.43 Å². The zero-order chi connectivity index (χ0) is 20.6. The van der Waals surface area contributed by atoms with Crippen LogP contribution in [0.1, 0.15) is 36.2 Å². The summed E-state index contributed by atoms with van der Waals surface area (Å²) in [6.45, 7) is 3.78. The van der Waals surface area contributed by atoms with Crippen molar-refractivity contribution in [2.75, 3.05) is 0 Å². The summed E-state index contributed by atoms with van der Waals surface area (Å²) >= 11 is 0. The first-order valence-corrected chi connectivity index (χ1v) is 9.87. The number of benzene rings is 3. The maximum atomic E-state index is 12.9. The summed E-state index contributed by atoms with van der Waals surface area (Å²) in [6.07, 6.45) is 0.922. The number of carbonyl (C=O) groups is 2. The highest BCUT2D eigenvalue weighted by Gasteiger charge is 2.20. The summed E-state index contributed by atoms with van der Waals surface area (Å²) < 4.78 is 0. The predicted octanol–water partition coefficient (Wildman–Crippen LogP) is 4.87. The molecule has 3 rings (SSSR count). The fourth-order valence-corrected chi connectivity index (χ4v) is 3.24. The molecule has 29 heavy (non-hydrogen) atoms. The third-order valence-electron chi connectivity index (χ3n) is 4.75. The molecule has 0 saturated carbocycles. The highest BCUT2D eigenvalue weighted by atomic mass is 16.2. The van der Waals surface area contributed by atoms with Gasteiger partial charge in [0.15, 0.2) is 0 Å². The molecule has 0 aliphatic heterocycles. The van der Waals surface area contributed by atoms with Crippen LogP contribution in [0.4, 0.5) is 0 Å². The molecule has 2 amide bonds. The van der Waals surface area contributed by atoms with E-state index in [4.69, 9.17) is 0 Å². The molecule has 1 N–H and O–H groups in total. The van der Waals surface area contributed by atoms with E-state index in [1.165, 1.54) is 5.01 Å². The van der Waals surface area contributed by atoms with Gasteiger partial charge in [0.1, 0.15) is 0 Å². The molecule has 3 aromatic rings. The lowest BCUT2D eigenvalue weighted by atomic mass is 9.96. The second-order valence-electron chi connectivity index (χ2n) is 7.19. The quantitative estimate of drug-likeness (QED) is 0.615. The fourth-order valence-electron chi connectivity index (χ4n) is 3.24. The van der Waals surface area contributed by atoms with Crippen LogP contribution in [-0.2, 0) is 11.2 Å². The van der Waals surface area contributed by atoms with Crippen molar-refractivity contribution >= 4 is 11.8 Å². The number of hydrogen-bond acceptors (Lipinski definition) is 2. The van der Waals surface area contributed by atoms with Crippen molar-refractivity contribution < 1.29 is 9.59 Å². The van der Waals surface area contributed by atoms with Gasteiger partial charge in [0.2, 0.25) is 5.91 Å². The van der Waals surface area contributed by atoms with Gasteiger partial charge in [-0.05, 0) is 49.1 Å². The molecule has 4 nitrogen and oxygen atoms in total. The van der Waals surface area contributed by atoms with Crippen molar-refractivity contribution in [2.45, 2.75) is 32.7 Å². The van der Waals surface area contributed by atoms with Gasteiger partial charge in [-0.1, -0.05) is 72.8 Å². The van der Waals surface area contributed by atoms with E-state index in [-0.39, 0.29) is 17.9 Å². The number of rotatable bonds is 6. The molecule has 0 aliphatic carbocycles. The van der Waals surface area contributed by atoms with Crippen LogP contribution in [-0.4, -0.2) is 22.9 Å². The topological polar surface area (TPSA) is 49.4 Å². The monoisotopic (exact) mass is 386 g/mol. The second kappa shape index (κ2) is 9.69. The molecule has 0 saturated heterocycles. The van der Waals surface area contributed by atoms with Gasteiger partial charge in [-0.25, -0.2) is 0 Å². The number of aryl methyl sites for hydroxylation is 1. The number of amides is 2. The minimum Gasteiger partial charge on any atom is -0.273 e. The van der Waals surface area contributed by atoms with Gasteiger partial charge in [0.25, 0.3) is 5.91 Å². The summed E-state index contributed by atoms with van der Waals surface area (Å²) in [4.78, 5) is 25.4. The number of hydrogen-bond donors (Lipinski definition) is 1. The van der Waals surface area contributed by atoms with Crippen LogP contribution in [0.2, 0.25) is 0 Å². The van der Waals surface area contributed by atoms with Gasteiger partial charge in [-0.15, -0.1) is 0 Å². The maximum absolute atomic E-state index is 12.9. The Hall–Kier alpha value is -3.40. The molecule has 0 aliphatic rings. The van der Waals surface area contributed by atoms with Crippen LogP contribution >= 0.6 is 0 Å². The largest absolute Gasteiger partial charge is 0.273 e. The van der Waals surface area contributed by atoms with Gasteiger partial charge < -0.3 is 0 Å². The van der Waals surface area contributed by atoms with Crippen LogP contribution in [0, 0.1) is 0 Å². The highest BCUT2D eigenvalue weighted by molar-refractivity contribution is 5.95. The van der Waals surface area contributed by atoms with Crippen LogP contribution in [0.5, 0.6) is 0 Å². The van der Waals surface area contributed by atoms with Gasteiger partial charge in [-0.3, -0.25) is 20.0 Å². The molecule has 0 fully saturated rings. The lowest BCUT2D eigenvalue weighted by Crippen LogP contribution is -2.50. The third kappa shape index (κ3) is 5.32. The molecule has 0 atom stereocenters. The zero-order valence-electron chi connectivity index (χ0n) is 16.8. The van der Waals surface area contributed by atoms with E-state index in [0.717, 1.165) is 16.7 Å². The average Bonchev–Trinajstić information content (AvgIpc) is 2.77. The predicted molar refractivity (Wildman–Crippen MR) is 116 cm³/mol. The van der Waals surface area contributed by atoms with Gasteiger partial charge in [-0.2, -0.15) is 0 Å². The van der Waals surface area contributed by atoms with E-state index >= 15 is 0 Å². The van der Waals surface area contributed by atoms with Crippen molar-refractivity contribution in [3.05, 3.63) is 96.1 Å². The molecule has 0 radical (unpaired) electrons. The third-order valence-corrected chi connectivity index (χ3v) is 4.75. The molecule has 0 bridgehead atoms. The molecule has 0 spiro atoms. The minimum absolute atomic E-state index is 0.104. The van der Waals surface area contributed by atoms with Gasteiger partial charge >= 0.3 is 0 Å². The average molecular weight is 386 g/mol. The van der Waals surface area contributed by atoms with E-state index in [1.54, 1.807) is 24.3 Å². The summed E-state index contributed by atoms with van der Waals surface area (Å²) in [6, 6.07) is 27.1. The number of nitrogens with zero attached hydrogens (tertiary/aromatic N) is 1. The van der Waals surface area contributed by atoms with Gasteiger partial charge in [0, 0.05) is 18.0 Å². The number of hydrazine groups is 1. The van der Waals surface area contributed by atoms with Crippen molar-refractivity contribution in [1.29, 1.82) is 0 Å². The molecular formula is C25H26N2O2. The summed E-state index contributed by atoms with van der Waals surface area (Å²) in [5, 5.41) is 1.43. The lowest BCUT2D eigenvalue weighted by Gasteiger charge is -2.27. The lowest BCUT2D eigenvalue weighted by molar-refractivity contribution is -0.135. The van der Waals surface area contributed by atoms with E-state index in [9.17, 15) is 9.59 Å². The van der Waals surface area contributed by atoms with E-state index in [1.807, 2.05) is 50.2 Å². The summed E-state index contributed by atoms with van der Waals surface area (Å²) in [5.74, 6) is -0.385. The molecule has 0 aromatic heterocycles. The highest BCUT2D eigenvalue weighted by Crippen LogP contribution is 2.24. The first-order valence-electron chi connectivity index (χ1n) is 9.87. The minimum atomic E-state index is -0.280. The Balaban J connectivity index is 1.70. The van der Waals surface area contributed by atoms with Crippen LogP contribution in [0.15, 0.2) is 84.9 Å². The molecule has 148 valence electrons. The number of carbonyl (C=O) groups excluding carboxylic acids is 2. The first-order chi connectivity index (χ1) is 14.1. The van der Waals surface area contributed by atoms with Crippen molar-refractivity contribution in [1.82, 2.24) is 10.4 Å². The Bertz CT molecular complexity index is 953. The summed E-state index contributed by atoms with van der Waals surface area (Å²) in [5.41, 5.74) is 6.67. The smallest absolute Gasteiger partial charge is 0.269 e. The Labute approximate surface area is 172 Å². The Morgan fingerprint density at radius 1 is 0.828 bits per heavy atom. The normalized spacial score (nSPS) is 10.6. The Morgan fingerprint density at radius 3 is 2.07 bits per heavy atom. The Kier molecular flexibility index (Phi) is 6.80. The van der Waals surface area contributed by atoms with E-state index < -0.39 is 0 Å². The fraction of sp³-hybridized carbons (Fsp3) is 0.200. The maximum Gasteiger partial charge on any atom is 0.269 e. The first kappa shape index (κ1) is 20.3. The van der Waals surface area contributed by atoms with Crippen molar-refractivity contribution in [3.63, 3.8) is 0 Å². The van der Waals surface area contributed by atoms with Crippen molar-refractivity contribution in [2.24, 2.45) is 0 Å². The molecule has 0 unspecified atom stereocenters. The summed E-state index contributed by atoms with van der Waals surface area (Å²) in [7, 11) is 0. The van der Waals surface area contributed by atoms with Crippen LogP contribution in [0.25, 0.3) is 11.1 Å². The molecule has 4 heteroatoms. The number of nitrogens with one attached hydrogen (secondary N) is 1. The molecular weight excluding hydrogens is 360 g/mol. The standard InChI is InChI=1S/C25H26N2O2/c1-19(2)27(26-25(29)22-14-7-4-8-15-22)24(28)18-17-21-13-9-10-16-23(21)20-11-5-3-6-12-20/h3-16,19H,17-18H2,1-2H3,(H,26,29). The second-order valence-corrected chi connectivity index (χ2v) is 7.19. The zero-order valence-corrected chi connectivity index (χ0v) is 16.8. The SMILES string of the molecule is CC(C)N(NC(=O)c1ccccc1)C(=O)CCc1ccccc1-c1ccccc1. The van der Waals surface area contributed by atoms with E-state index in [0.29, 0.717) is 18.4 Å². The molecule has 0 heterocycles. The van der Waals surface area contributed by atoms with Crippen molar-refractivity contribution in [3.8, 4) is 11.1 Å². The van der Waals surface area contributed by atoms with Crippen LogP contribution in [0.3, 0.4) is 0 Å². The van der Waals surface area contributed by atoms with E-state index in [2.05, 4.69) is 29.7 Å². The van der Waals surface area contributed by atoms with Gasteiger partial charge in [0.05, 0.1) is 0 Å². The molecule has 3 aromatic carbocycles.